The van der Waals surface area contributed by atoms with Crippen LogP contribution in [-0.2, 0) is 0 Å². The summed E-state index contributed by atoms with van der Waals surface area (Å²) in [6.45, 7) is 5.12. The highest BCUT2D eigenvalue weighted by atomic mass is 16.5. The lowest BCUT2D eigenvalue weighted by atomic mass is 9.94. The van der Waals surface area contributed by atoms with Crippen molar-refractivity contribution in [2.45, 2.75) is 26.7 Å². The Morgan fingerprint density at radius 2 is 2.22 bits per heavy atom. The van der Waals surface area contributed by atoms with Crippen molar-refractivity contribution in [3.8, 4) is 18.1 Å². The number of carbonyl (C=O) groups excluding carboxylic acids is 1. The topological polar surface area (TPSA) is 70.6 Å². The van der Waals surface area contributed by atoms with Crippen molar-refractivity contribution in [1.82, 2.24) is 5.32 Å². The molecule has 3 N–H and O–H groups in total. The molecule has 5 heteroatoms. The van der Waals surface area contributed by atoms with Gasteiger partial charge in [-0.15, -0.1) is 6.42 Å². The fourth-order valence-corrected chi connectivity index (χ4v) is 2.35. The summed E-state index contributed by atoms with van der Waals surface area (Å²) in [5, 5.41) is 14.7. The number of benzene rings is 1. The second-order valence-electron chi connectivity index (χ2n) is 5.86. The summed E-state index contributed by atoms with van der Waals surface area (Å²) in [6, 6.07) is 6.79. The molecule has 1 unspecified atom stereocenters. The monoisotopic (exact) mass is 318 g/mol. The number of anilines is 1. The number of terminal acetylenes is 1. The Balaban J connectivity index is 2.47. The quantitative estimate of drug-likeness (QED) is 0.613. The molecule has 0 radical (unpaired) electrons. The van der Waals surface area contributed by atoms with Gasteiger partial charge in [0.05, 0.1) is 0 Å². The summed E-state index contributed by atoms with van der Waals surface area (Å²) in [4.78, 5) is 12.0. The van der Waals surface area contributed by atoms with Crippen molar-refractivity contribution in [2.75, 3.05) is 25.1 Å². The highest BCUT2D eigenvalue weighted by molar-refractivity contribution is 5.89. The van der Waals surface area contributed by atoms with Crippen LogP contribution in [0, 0.1) is 24.2 Å². The molecule has 0 heterocycles. The lowest BCUT2D eigenvalue weighted by molar-refractivity contribution is 0.231. The van der Waals surface area contributed by atoms with Gasteiger partial charge < -0.3 is 20.5 Å². The van der Waals surface area contributed by atoms with Gasteiger partial charge in [0.2, 0.25) is 0 Å². The van der Waals surface area contributed by atoms with Crippen molar-refractivity contribution in [3.63, 3.8) is 0 Å². The van der Waals surface area contributed by atoms with Gasteiger partial charge in [0.25, 0.3) is 0 Å². The number of hydrogen-bond acceptors (Lipinski definition) is 3. The Morgan fingerprint density at radius 3 is 2.87 bits per heavy atom. The Kier molecular flexibility index (Phi) is 8.63. The molecular formula is C18H26N2O3. The minimum atomic E-state index is -0.272. The zero-order valence-electron chi connectivity index (χ0n) is 13.8. The molecule has 1 rings (SSSR count). The molecule has 126 valence electrons. The smallest absolute Gasteiger partial charge is 0.319 e. The van der Waals surface area contributed by atoms with Crippen LogP contribution in [-0.4, -0.2) is 30.9 Å². The Hall–Kier alpha value is -2.19. The van der Waals surface area contributed by atoms with E-state index in [0.29, 0.717) is 30.3 Å². The van der Waals surface area contributed by atoms with Crippen LogP contribution in [0.3, 0.4) is 0 Å². The van der Waals surface area contributed by atoms with Crippen LogP contribution in [0.25, 0.3) is 0 Å². The van der Waals surface area contributed by atoms with Gasteiger partial charge in [-0.05, 0) is 36.8 Å². The van der Waals surface area contributed by atoms with E-state index in [-0.39, 0.29) is 25.2 Å². The summed E-state index contributed by atoms with van der Waals surface area (Å²) in [5.41, 5.74) is 0.639. The van der Waals surface area contributed by atoms with E-state index in [0.717, 1.165) is 6.42 Å². The van der Waals surface area contributed by atoms with Crippen molar-refractivity contribution in [1.29, 1.82) is 0 Å². The molecule has 1 atom stereocenters. The number of aliphatic hydroxyl groups excluding tert-OH is 1. The molecule has 5 nitrogen and oxygen atoms in total. The molecule has 0 fully saturated rings. The van der Waals surface area contributed by atoms with Gasteiger partial charge >= 0.3 is 6.03 Å². The van der Waals surface area contributed by atoms with Crippen molar-refractivity contribution < 1.29 is 14.6 Å². The molecule has 2 amide bonds. The number of carbonyl (C=O) groups is 1. The number of amides is 2. The first-order valence-corrected chi connectivity index (χ1v) is 7.87. The highest BCUT2D eigenvalue weighted by Gasteiger charge is 2.12. The van der Waals surface area contributed by atoms with Gasteiger partial charge in [-0.25, -0.2) is 4.79 Å². The zero-order valence-corrected chi connectivity index (χ0v) is 13.8. The first-order chi connectivity index (χ1) is 11.0. The Labute approximate surface area is 138 Å². The van der Waals surface area contributed by atoms with Gasteiger partial charge in [0, 0.05) is 24.9 Å². The fourth-order valence-electron chi connectivity index (χ4n) is 2.35. The molecule has 0 bridgehead atoms. The SMILES string of the molecule is C#CCOc1cccc(NC(=O)NCC(CCO)CC(C)C)c1. The minimum absolute atomic E-state index is 0.134. The van der Waals surface area contributed by atoms with E-state index in [2.05, 4.69) is 30.4 Å². The third-order valence-corrected chi connectivity index (χ3v) is 3.31. The highest BCUT2D eigenvalue weighted by Crippen LogP contribution is 2.17. The van der Waals surface area contributed by atoms with Crippen LogP contribution in [0.5, 0.6) is 5.75 Å². The van der Waals surface area contributed by atoms with Crippen LogP contribution in [0.1, 0.15) is 26.7 Å². The normalized spacial score (nSPS) is 11.6. The number of nitrogens with one attached hydrogen (secondary N) is 2. The molecule has 0 aliphatic heterocycles. The molecule has 0 spiro atoms. The van der Waals surface area contributed by atoms with Gasteiger partial charge in [-0.1, -0.05) is 25.8 Å². The van der Waals surface area contributed by atoms with Crippen LogP contribution in [0.2, 0.25) is 0 Å². The lowest BCUT2D eigenvalue weighted by Gasteiger charge is -2.19. The summed E-state index contributed by atoms with van der Waals surface area (Å²) in [6.07, 6.45) is 6.81. The van der Waals surface area contributed by atoms with Gasteiger partial charge in [-0.3, -0.25) is 0 Å². The summed E-state index contributed by atoms with van der Waals surface area (Å²) in [7, 11) is 0. The summed E-state index contributed by atoms with van der Waals surface area (Å²) >= 11 is 0. The predicted octanol–water partition coefficient (Wildman–Crippen LogP) is 2.86. The molecule has 1 aromatic carbocycles. The average molecular weight is 318 g/mol. The maximum atomic E-state index is 12.0. The Bertz CT molecular complexity index is 523. The number of hydrogen-bond donors (Lipinski definition) is 3. The van der Waals surface area contributed by atoms with Crippen molar-refractivity contribution in [2.24, 2.45) is 11.8 Å². The van der Waals surface area contributed by atoms with Crippen molar-refractivity contribution in [3.05, 3.63) is 24.3 Å². The van der Waals surface area contributed by atoms with E-state index >= 15 is 0 Å². The van der Waals surface area contributed by atoms with E-state index in [1.165, 1.54) is 0 Å². The van der Waals surface area contributed by atoms with E-state index in [1.54, 1.807) is 24.3 Å². The predicted molar refractivity (Wildman–Crippen MR) is 92.4 cm³/mol. The third kappa shape index (κ3) is 8.12. The third-order valence-electron chi connectivity index (χ3n) is 3.31. The first kappa shape index (κ1) is 18.9. The van der Waals surface area contributed by atoms with Gasteiger partial charge in [0.1, 0.15) is 12.4 Å². The molecule has 0 saturated heterocycles. The zero-order chi connectivity index (χ0) is 17.1. The van der Waals surface area contributed by atoms with E-state index < -0.39 is 0 Å². The fraction of sp³-hybridized carbons (Fsp3) is 0.500. The molecule has 0 saturated carbocycles. The van der Waals surface area contributed by atoms with Crippen LogP contribution in [0.15, 0.2) is 24.3 Å². The number of ether oxygens (including phenoxy) is 1. The van der Waals surface area contributed by atoms with E-state index in [4.69, 9.17) is 16.3 Å². The van der Waals surface area contributed by atoms with Crippen LogP contribution < -0.4 is 15.4 Å². The van der Waals surface area contributed by atoms with Gasteiger partial charge in [0.15, 0.2) is 0 Å². The maximum absolute atomic E-state index is 12.0. The number of rotatable bonds is 9. The number of urea groups is 1. The summed E-state index contributed by atoms with van der Waals surface area (Å²) < 4.78 is 5.32. The van der Waals surface area contributed by atoms with E-state index in [9.17, 15) is 4.79 Å². The summed E-state index contributed by atoms with van der Waals surface area (Å²) in [5.74, 6) is 3.81. The second kappa shape index (κ2) is 10.5. The second-order valence-corrected chi connectivity index (χ2v) is 5.86. The first-order valence-electron chi connectivity index (χ1n) is 7.87. The van der Waals surface area contributed by atoms with Gasteiger partial charge in [-0.2, -0.15) is 0 Å². The molecule has 23 heavy (non-hydrogen) atoms. The number of aliphatic hydroxyl groups is 1. The lowest BCUT2D eigenvalue weighted by Crippen LogP contribution is -2.33. The standard InChI is InChI=1S/C18H26N2O3/c1-4-10-23-17-7-5-6-16(12-17)20-18(22)19-13-15(8-9-21)11-14(2)3/h1,5-7,12,14-15,21H,8-11,13H2,2-3H3,(H2,19,20,22). The molecule has 1 aromatic rings. The molecular weight excluding hydrogens is 292 g/mol. The molecule has 0 aliphatic carbocycles. The average Bonchev–Trinajstić information content (AvgIpc) is 2.51. The maximum Gasteiger partial charge on any atom is 0.319 e. The van der Waals surface area contributed by atoms with Crippen molar-refractivity contribution >= 4 is 11.7 Å². The van der Waals surface area contributed by atoms with Crippen LogP contribution in [0.4, 0.5) is 10.5 Å². The van der Waals surface area contributed by atoms with E-state index in [1.807, 2.05) is 0 Å². The Morgan fingerprint density at radius 1 is 1.43 bits per heavy atom. The minimum Gasteiger partial charge on any atom is -0.481 e. The molecule has 0 aliphatic rings. The largest absolute Gasteiger partial charge is 0.481 e. The molecule has 0 aromatic heterocycles. The van der Waals surface area contributed by atoms with Crippen LogP contribution >= 0.6 is 0 Å².